The van der Waals surface area contributed by atoms with Gasteiger partial charge in [0.25, 0.3) is 0 Å². The Labute approximate surface area is 107 Å². The van der Waals surface area contributed by atoms with Crippen molar-refractivity contribution in [2.45, 2.75) is 13.0 Å². The molecule has 18 heavy (non-hydrogen) atoms. The number of anilines is 1. The Morgan fingerprint density at radius 1 is 1.39 bits per heavy atom. The molecule has 104 valence electrons. The van der Waals surface area contributed by atoms with Crippen LogP contribution < -0.4 is 10.6 Å². The van der Waals surface area contributed by atoms with Crippen LogP contribution in [0.3, 0.4) is 0 Å². The van der Waals surface area contributed by atoms with Gasteiger partial charge in [0.05, 0.1) is 11.8 Å². The van der Waals surface area contributed by atoms with Crippen molar-refractivity contribution >= 4 is 16.0 Å². The molecule has 1 rings (SSSR count). The number of sulfonamides is 1. The highest BCUT2D eigenvalue weighted by Gasteiger charge is 2.15. The van der Waals surface area contributed by atoms with Gasteiger partial charge in [-0.15, -0.1) is 5.10 Å². The molecule has 1 aromatic rings. The Morgan fingerprint density at radius 3 is 2.61 bits per heavy atom. The maximum atomic E-state index is 11.5. The molecule has 1 aromatic heterocycles. The quantitative estimate of drug-likeness (QED) is 0.702. The van der Waals surface area contributed by atoms with Crippen molar-refractivity contribution in [1.82, 2.24) is 19.8 Å². The minimum absolute atomic E-state index is 0.0285. The number of aromatic nitrogens is 2. The van der Waals surface area contributed by atoms with E-state index in [-0.39, 0.29) is 24.4 Å². The molecular formula is C9H19N5O3S. The molecule has 0 aliphatic heterocycles. The highest BCUT2D eigenvalue weighted by atomic mass is 32.2. The summed E-state index contributed by atoms with van der Waals surface area (Å²) in [7, 11) is 1.56. The van der Waals surface area contributed by atoms with Gasteiger partial charge >= 0.3 is 6.01 Å². The molecule has 1 heterocycles. The average molecular weight is 277 g/mol. The van der Waals surface area contributed by atoms with Crippen LogP contribution in [0, 0.1) is 0 Å². The topological polar surface area (TPSA) is 100 Å². The predicted octanol–water partition coefficient (Wildman–Crippen LogP) is -0.347. The van der Waals surface area contributed by atoms with E-state index in [0.717, 1.165) is 0 Å². The predicted molar refractivity (Wildman–Crippen MR) is 67.7 cm³/mol. The van der Waals surface area contributed by atoms with Gasteiger partial charge in [-0.05, 0) is 14.0 Å². The lowest BCUT2D eigenvalue weighted by molar-refractivity contribution is 0.441. The van der Waals surface area contributed by atoms with Crippen molar-refractivity contribution in [1.29, 1.82) is 0 Å². The second-order valence-corrected chi connectivity index (χ2v) is 6.28. The first kappa shape index (κ1) is 14.9. The molecule has 0 aromatic carbocycles. The molecule has 0 radical (unpaired) electrons. The molecule has 2 N–H and O–H groups in total. The lowest BCUT2D eigenvalue weighted by atomic mass is 10.3. The first-order valence-electron chi connectivity index (χ1n) is 5.51. The van der Waals surface area contributed by atoms with Gasteiger partial charge in [0.15, 0.2) is 0 Å². The van der Waals surface area contributed by atoms with Crippen molar-refractivity contribution in [2.75, 3.05) is 38.8 Å². The maximum absolute atomic E-state index is 11.5. The van der Waals surface area contributed by atoms with Crippen LogP contribution in [0.25, 0.3) is 0 Å². The van der Waals surface area contributed by atoms with Crippen molar-refractivity contribution in [3.8, 4) is 0 Å². The van der Waals surface area contributed by atoms with E-state index in [4.69, 9.17) is 4.42 Å². The van der Waals surface area contributed by atoms with Crippen LogP contribution >= 0.6 is 0 Å². The molecule has 1 atom stereocenters. The summed E-state index contributed by atoms with van der Waals surface area (Å²) in [6, 6.07) is 0.180. The Hall–Kier alpha value is -1.19. The monoisotopic (exact) mass is 277 g/mol. The third-order valence-electron chi connectivity index (χ3n) is 2.44. The first-order chi connectivity index (χ1) is 8.36. The Morgan fingerprint density at radius 2 is 2.06 bits per heavy atom. The van der Waals surface area contributed by atoms with Gasteiger partial charge in [-0.3, -0.25) is 0 Å². The summed E-state index contributed by atoms with van der Waals surface area (Å²) in [5, 5.41) is 13.4. The van der Waals surface area contributed by atoms with Crippen LogP contribution in [0.15, 0.2) is 4.42 Å². The Kier molecular flexibility index (Phi) is 5.05. The number of hydrogen-bond donors (Lipinski definition) is 2. The Balaban J connectivity index is 2.48. The molecule has 0 spiro atoms. The molecule has 0 aliphatic carbocycles. The fourth-order valence-corrected chi connectivity index (χ4v) is 1.80. The zero-order valence-corrected chi connectivity index (χ0v) is 11.8. The summed E-state index contributed by atoms with van der Waals surface area (Å²) in [6.07, 6.45) is 0. The summed E-state index contributed by atoms with van der Waals surface area (Å²) in [5.41, 5.74) is 0. The molecular weight excluding hydrogens is 258 g/mol. The molecule has 8 nitrogen and oxygen atoms in total. The first-order valence-corrected chi connectivity index (χ1v) is 7.12. The maximum Gasteiger partial charge on any atom is 0.315 e. The van der Waals surface area contributed by atoms with E-state index >= 15 is 0 Å². The third kappa shape index (κ3) is 3.93. The van der Waals surface area contributed by atoms with E-state index in [1.807, 2.05) is 6.92 Å². The van der Waals surface area contributed by atoms with E-state index in [2.05, 4.69) is 20.8 Å². The number of nitrogens with one attached hydrogen (secondary N) is 2. The highest BCUT2D eigenvalue weighted by molar-refractivity contribution is 7.89. The molecule has 0 amide bonds. The lowest BCUT2D eigenvalue weighted by Crippen LogP contribution is -2.28. The minimum Gasteiger partial charge on any atom is -0.406 e. The van der Waals surface area contributed by atoms with Crippen molar-refractivity contribution in [3.63, 3.8) is 0 Å². The zero-order valence-electron chi connectivity index (χ0n) is 11.0. The van der Waals surface area contributed by atoms with E-state index in [1.165, 1.54) is 18.4 Å². The van der Waals surface area contributed by atoms with Gasteiger partial charge in [-0.2, -0.15) is 0 Å². The summed E-state index contributed by atoms with van der Waals surface area (Å²) in [6.45, 7) is 2.10. The molecule has 0 aliphatic rings. The van der Waals surface area contributed by atoms with Crippen LogP contribution in [-0.4, -0.2) is 56.4 Å². The lowest BCUT2D eigenvalue weighted by Gasteiger charge is -2.10. The van der Waals surface area contributed by atoms with E-state index in [0.29, 0.717) is 5.89 Å². The van der Waals surface area contributed by atoms with Crippen LogP contribution in [0.4, 0.5) is 6.01 Å². The largest absolute Gasteiger partial charge is 0.406 e. The van der Waals surface area contributed by atoms with E-state index < -0.39 is 10.0 Å². The summed E-state index contributed by atoms with van der Waals surface area (Å²) in [5.74, 6) is 0.426. The highest BCUT2D eigenvalue weighted by Crippen LogP contribution is 2.12. The fourth-order valence-electron chi connectivity index (χ4n) is 1.07. The molecule has 0 saturated heterocycles. The molecule has 0 saturated carbocycles. The second kappa shape index (κ2) is 6.12. The summed E-state index contributed by atoms with van der Waals surface area (Å²) >= 11 is 0. The molecule has 0 fully saturated rings. The van der Waals surface area contributed by atoms with Gasteiger partial charge in [0, 0.05) is 20.6 Å². The van der Waals surface area contributed by atoms with Crippen LogP contribution in [0.2, 0.25) is 0 Å². The molecule has 9 heteroatoms. The standard InChI is InChI=1S/C9H19N5O3S/c1-7(10-2)8-12-13-9(17-8)11-5-6-18(15,16)14(3)4/h7,10H,5-6H2,1-4H3,(H,11,13). The number of hydrogen-bond acceptors (Lipinski definition) is 7. The average Bonchev–Trinajstić information content (AvgIpc) is 2.76. The normalized spacial score (nSPS) is 13.8. The zero-order chi connectivity index (χ0) is 13.8. The van der Waals surface area contributed by atoms with Crippen molar-refractivity contribution < 1.29 is 12.8 Å². The van der Waals surface area contributed by atoms with Crippen molar-refractivity contribution in [3.05, 3.63) is 5.89 Å². The number of rotatable bonds is 7. The third-order valence-corrected chi connectivity index (χ3v) is 4.27. The van der Waals surface area contributed by atoms with Crippen LogP contribution in [0.1, 0.15) is 18.9 Å². The van der Waals surface area contributed by atoms with E-state index in [9.17, 15) is 8.42 Å². The number of nitrogens with zero attached hydrogens (tertiary/aromatic N) is 3. The fraction of sp³-hybridized carbons (Fsp3) is 0.778. The van der Waals surface area contributed by atoms with Gasteiger partial charge < -0.3 is 15.1 Å². The van der Waals surface area contributed by atoms with Gasteiger partial charge in [0.1, 0.15) is 0 Å². The van der Waals surface area contributed by atoms with Gasteiger partial charge in [-0.25, -0.2) is 12.7 Å². The summed E-state index contributed by atoms with van der Waals surface area (Å²) < 4.78 is 29.5. The van der Waals surface area contributed by atoms with Crippen molar-refractivity contribution in [2.24, 2.45) is 0 Å². The Bertz CT molecular complexity index is 470. The smallest absolute Gasteiger partial charge is 0.315 e. The minimum atomic E-state index is -3.21. The van der Waals surface area contributed by atoms with E-state index in [1.54, 1.807) is 7.05 Å². The molecule has 1 unspecified atom stereocenters. The van der Waals surface area contributed by atoms with Gasteiger partial charge in [-0.1, -0.05) is 5.10 Å². The second-order valence-electron chi connectivity index (χ2n) is 3.98. The van der Waals surface area contributed by atoms with Gasteiger partial charge in [0.2, 0.25) is 15.9 Å². The van der Waals surface area contributed by atoms with Crippen LogP contribution in [0.5, 0.6) is 0 Å². The summed E-state index contributed by atoms with van der Waals surface area (Å²) in [4.78, 5) is 0. The molecule has 0 bridgehead atoms. The van der Waals surface area contributed by atoms with Crippen LogP contribution in [-0.2, 0) is 10.0 Å². The SMILES string of the molecule is CNC(C)c1nnc(NCCS(=O)(=O)N(C)C)o1.